The highest BCUT2D eigenvalue weighted by Gasteiger charge is 2.01. The van der Waals surface area contributed by atoms with Crippen molar-refractivity contribution >= 4 is 17.4 Å². The average molecular weight is 262 g/mol. The van der Waals surface area contributed by atoms with Gasteiger partial charge in [-0.25, -0.2) is 9.97 Å². The standard InChI is InChI=1S/C14H16ClN3/c1-2-8-16-13-7-9-17-14(18-13)10-11-3-5-12(15)6-4-11/h3-7,9H,2,8,10H2,1H3,(H,16,17,18). The first-order chi connectivity index (χ1) is 8.78. The molecule has 0 aliphatic carbocycles. The van der Waals surface area contributed by atoms with E-state index in [1.54, 1.807) is 6.20 Å². The molecule has 0 aliphatic heterocycles. The van der Waals surface area contributed by atoms with Gasteiger partial charge in [-0.2, -0.15) is 0 Å². The zero-order valence-corrected chi connectivity index (χ0v) is 11.1. The molecule has 0 saturated carbocycles. The number of nitrogens with zero attached hydrogens (tertiary/aromatic N) is 2. The van der Waals surface area contributed by atoms with Crippen LogP contribution >= 0.6 is 11.6 Å². The predicted octanol–water partition coefficient (Wildman–Crippen LogP) is 3.54. The van der Waals surface area contributed by atoms with Gasteiger partial charge in [0, 0.05) is 24.2 Å². The van der Waals surface area contributed by atoms with E-state index >= 15 is 0 Å². The van der Waals surface area contributed by atoms with Crippen LogP contribution in [0.5, 0.6) is 0 Å². The Labute approximate surface area is 112 Å². The van der Waals surface area contributed by atoms with Crippen molar-refractivity contribution in [3.8, 4) is 0 Å². The number of aromatic nitrogens is 2. The molecule has 3 nitrogen and oxygen atoms in total. The second-order valence-electron chi connectivity index (χ2n) is 4.09. The van der Waals surface area contributed by atoms with E-state index in [0.717, 1.165) is 41.6 Å². The molecule has 4 heteroatoms. The molecule has 0 radical (unpaired) electrons. The summed E-state index contributed by atoms with van der Waals surface area (Å²) in [5, 5.41) is 4.01. The molecule has 1 heterocycles. The van der Waals surface area contributed by atoms with Crippen LogP contribution in [0.1, 0.15) is 24.7 Å². The molecule has 1 aromatic heterocycles. The second-order valence-corrected chi connectivity index (χ2v) is 4.52. The average Bonchev–Trinajstić information content (AvgIpc) is 2.40. The summed E-state index contributed by atoms with van der Waals surface area (Å²) in [6.07, 6.45) is 3.59. The number of anilines is 1. The second kappa shape index (κ2) is 6.36. The van der Waals surface area contributed by atoms with Gasteiger partial charge in [-0.05, 0) is 30.2 Å². The summed E-state index contributed by atoms with van der Waals surface area (Å²) >= 11 is 5.86. The lowest BCUT2D eigenvalue weighted by molar-refractivity contribution is 0.932. The van der Waals surface area contributed by atoms with Gasteiger partial charge < -0.3 is 5.32 Å². The summed E-state index contributed by atoms with van der Waals surface area (Å²) in [4.78, 5) is 8.75. The fourth-order valence-electron chi connectivity index (χ4n) is 1.62. The van der Waals surface area contributed by atoms with Crippen LogP contribution < -0.4 is 5.32 Å². The Hall–Kier alpha value is -1.61. The zero-order valence-electron chi connectivity index (χ0n) is 10.4. The molecule has 0 saturated heterocycles. The monoisotopic (exact) mass is 261 g/mol. The van der Waals surface area contributed by atoms with Crippen LogP contribution in [-0.4, -0.2) is 16.5 Å². The van der Waals surface area contributed by atoms with Gasteiger partial charge >= 0.3 is 0 Å². The number of hydrogen-bond acceptors (Lipinski definition) is 3. The lowest BCUT2D eigenvalue weighted by Crippen LogP contribution is -2.05. The number of hydrogen-bond donors (Lipinski definition) is 1. The molecule has 18 heavy (non-hydrogen) atoms. The van der Waals surface area contributed by atoms with Crippen molar-refractivity contribution in [2.45, 2.75) is 19.8 Å². The smallest absolute Gasteiger partial charge is 0.135 e. The summed E-state index contributed by atoms with van der Waals surface area (Å²) in [5.74, 6) is 1.70. The topological polar surface area (TPSA) is 37.8 Å². The van der Waals surface area contributed by atoms with Gasteiger partial charge in [0.1, 0.15) is 11.6 Å². The molecular formula is C14H16ClN3. The number of halogens is 1. The van der Waals surface area contributed by atoms with E-state index in [1.165, 1.54) is 0 Å². The third-order valence-corrected chi connectivity index (χ3v) is 2.79. The maximum atomic E-state index is 5.86. The SMILES string of the molecule is CCCNc1ccnc(Cc2ccc(Cl)cc2)n1. The Bertz CT molecular complexity index is 497. The Balaban J connectivity index is 2.06. The van der Waals surface area contributed by atoms with Crippen molar-refractivity contribution in [3.63, 3.8) is 0 Å². The van der Waals surface area contributed by atoms with Gasteiger partial charge in [-0.3, -0.25) is 0 Å². The van der Waals surface area contributed by atoms with Crippen LogP contribution in [0.3, 0.4) is 0 Å². The van der Waals surface area contributed by atoms with Crippen LogP contribution in [-0.2, 0) is 6.42 Å². The number of rotatable bonds is 5. The maximum Gasteiger partial charge on any atom is 0.135 e. The Morgan fingerprint density at radius 2 is 1.94 bits per heavy atom. The quantitative estimate of drug-likeness (QED) is 0.895. The first kappa shape index (κ1) is 12.8. The molecule has 94 valence electrons. The fraction of sp³-hybridized carbons (Fsp3) is 0.286. The number of benzene rings is 1. The van der Waals surface area contributed by atoms with Gasteiger partial charge in [0.2, 0.25) is 0 Å². The van der Waals surface area contributed by atoms with E-state index in [4.69, 9.17) is 11.6 Å². The molecule has 0 aliphatic rings. The third kappa shape index (κ3) is 3.70. The van der Waals surface area contributed by atoms with Crippen molar-refractivity contribution in [3.05, 3.63) is 52.9 Å². The molecule has 0 bridgehead atoms. The van der Waals surface area contributed by atoms with E-state index < -0.39 is 0 Å². The lowest BCUT2D eigenvalue weighted by atomic mass is 10.1. The third-order valence-electron chi connectivity index (χ3n) is 2.54. The van der Waals surface area contributed by atoms with Crippen LogP contribution in [0.2, 0.25) is 5.02 Å². The van der Waals surface area contributed by atoms with Crippen LogP contribution in [0, 0.1) is 0 Å². The van der Waals surface area contributed by atoms with E-state index in [2.05, 4.69) is 22.2 Å². The van der Waals surface area contributed by atoms with Crippen molar-refractivity contribution < 1.29 is 0 Å². The van der Waals surface area contributed by atoms with Crippen molar-refractivity contribution in [1.82, 2.24) is 9.97 Å². The zero-order chi connectivity index (χ0) is 12.8. The molecule has 1 N–H and O–H groups in total. The van der Waals surface area contributed by atoms with Crippen LogP contribution in [0.15, 0.2) is 36.5 Å². The van der Waals surface area contributed by atoms with E-state index in [0.29, 0.717) is 0 Å². The molecule has 1 aromatic carbocycles. The first-order valence-corrected chi connectivity index (χ1v) is 6.46. The summed E-state index contributed by atoms with van der Waals surface area (Å²) in [6.45, 7) is 3.06. The molecule has 0 amide bonds. The lowest BCUT2D eigenvalue weighted by Gasteiger charge is -2.05. The highest BCUT2D eigenvalue weighted by Crippen LogP contribution is 2.12. The predicted molar refractivity (Wildman–Crippen MR) is 75.1 cm³/mol. The number of nitrogens with one attached hydrogen (secondary N) is 1. The Morgan fingerprint density at radius 3 is 2.67 bits per heavy atom. The molecule has 0 spiro atoms. The van der Waals surface area contributed by atoms with Crippen molar-refractivity contribution in [1.29, 1.82) is 0 Å². The van der Waals surface area contributed by atoms with Gasteiger partial charge in [0.05, 0.1) is 0 Å². The van der Waals surface area contributed by atoms with E-state index in [-0.39, 0.29) is 0 Å². The Kier molecular flexibility index (Phi) is 4.53. The highest BCUT2D eigenvalue weighted by atomic mass is 35.5. The van der Waals surface area contributed by atoms with Gasteiger partial charge in [0.25, 0.3) is 0 Å². The minimum atomic E-state index is 0.721. The van der Waals surface area contributed by atoms with Gasteiger partial charge in [-0.15, -0.1) is 0 Å². The van der Waals surface area contributed by atoms with Crippen molar-refractivity contribution in [2.24, 2.45) is 0 Å². The minimum absolute atomic E-state index is 0.721. The normalized spacial score (nSPS) is 10.3. The maximum absolute atomic E-state index is 5.86. The summed E-state index contributed by atoms with van der Waals surface area (Å²) < 4.78 is 0. The molecule has 2 rings (SSSR count). The van der Waals surface area contributed by atoms with E-state index in [1.807, 2.05) is 30.3 Å². The first-order valence-electron chi connectivity index (χ1n) is 6.08. The summed E-state index contributed by atoms with van der Waals surface area (Å²) in [5.41, 5.74) is 1.16. The highest BCUT2D eigenvalue weighted by molar-refractivity contribution is 6.30. The molecule has 0 atom stereocenters. The minimum Gasteiger partial charge on any atom is -0.370 e. The van der Waals surface area contributed by atoms with E-state index in [9.17, 15) is 0 Å². The fourth-order valence-corrected chi connectivity index (χ4v) is 1.75. The molecule has 0 fully saturated rings. The summed E-state index contributed by atoms with van der Waals surface area (Å²) in [6, 6.07) is 9.66. The van der Waals surface area contributed by atoms with Crippen LogP contribution in [0.25, 0.3) is 0 Å². The molecule has 0 unspecified atom stereocenters. The molecule has 2 aromatic rings. The largest absolute Gasteiger partial charge is 0.370 e. The Morgan fingerprint density at radius 1 is 1.17 bits per heavy atom. The molecular weight excluding hydrogens is 246 g/mol. The van der Waals surface area contributed by atoms with Crippen molar-refractivity contribution in [2.75, 3.05) is 11.9 Å². The summed E-state index contributed by atoms with van der Waals surface area (Å²) in [7, 11) is 0. The van der Waals surface area contributed by atoms with Gasteiger partial charge in [-0.1, -0.05) is 30.7 Å². The van der Waals surface area contributed by atoms with Gasteiger partial charge in [0.15, 0.2) is 0 Å². The van der Waals surface area contributed by atoms with Crippen LogP contribution in [0.4, 0.5) is 5.82 Å².